The summed E-state index contributed by atoms with van der Waals surface area (Å²) in [7, 11) is 0. The molecule has 0 aromatic heterocycles. The minimum Gasteiger partial charge on any atom is -0.372 e. The number of morpholine rings is 1. The third-order valence-electron chi connectivity index (χ3n) is 4.92. The maximum absolute atomic E-state index is 13.0. The molecule has 3 rings (SSSR count). The van der Waals surface area contributed by atoms with Gasteiger partial charge in [0.2, 0.25) is 0 Å². The molecule has 0 radical (unpaired) electrons. The number of benzene rings is 2. The normalized spacial score (nSPS) is 21.6. The van der Waals surface area contributed by atoms with Crippen molar-refractivity contribution in [2.24, 2.45) is 0 Å². The first kappa shape index (κ1) is 18.6. The largest absolute Gasteiger partial charge is 0.372 e. The summed E-state index contributed by atoms with van der Waals surface area (Å²) in [6.45, 7) is 7.40. The van der Waals surface area contributed by atoms with Crippen LogP contribution in [0.2, 0.25) is 0 Å². The SMILES string of the molecule is C[C@@H]1CN(C(=O)[C@H](C)[NH2+]C(c2ccccc2)c2ccccc2)C[C@H](C)O1. The molecule has 3 atom stereocenters. The fourth-order valence-corrected chi connectivity index (χ4v) is 3.75. The molecule has 0 unspecified atom stereocenters. The van der Waals surface area contributed by atoms with Crippen LogP contribution in [-0.2, 0) is 9.53 Å². The second-order valence-corrected chi connectivity index (χ2v) is 7.28. The van der Waals surface area contributed by atoms with Crippen LogP contribution in [0, 0.1) is 0 Å². The molecular weight excluding hydrogens is 324 g/mol. The highest BCUT2D eigenvalue weighted by Gasteiger charge is 2.32. The zero-order chi connectivity index (χ0) is 18.5. The maximum atomic E-state index is 13.0. The number of hydrogen-bond donors (Lipinski definition) is 1. The van der Waals surface area contributed by atoms with E-state index in [4.69, 9.17) is 4.74 Å². The number of rotatable bonds is 5. The van der Waals surface area contributed by atoms with Crippen molar-refractivity contribution in [2.45, 2.75) is 45.1 Å². The Morgan fingerprint density at radius 2 is 1.42 bits per heavy atom. The summed E-state index contributed by atoms with van der Waals surface area (Å²) < 4.78 is 5.76. The molecular formula is C22H29N2O2+. The van der Waals surface area contributed by atoms with Crippen LogP contribution in [0.4, 0.5) is 0 Å². The van der Waals surface area contributed by atoms with Crippen LogP contribution >= 0.6 is 0 Å². The van der Waals surface area contributed by atoms with Crippen molar-refractivity contribution < 1.29 is 14.8 Å². The molecule has 1 fully saturated rings. The van der Waals surface area contributed by atoms with Crippen molar-refractivity contribution in [3.8, 4) is 0 Å². The molecule has 138 valence electrons. The molecule has 1 amide bonds. The summed E-state index contributed by atoms with van der Waals surface area (Å²) in [6.07, 6.45) is 0.183. The van der Waals surface area contributed by atoms with E-state index in [1.807, 2.05) is 37.8 Å². The highest BCUT2D eigenvalue weighted by molar-refractivity contribution is 5.80. The van der Waals surface area contributed by atoms with E-state index in [1.54, 1.807) is 0 Å². The van der Waals surface area contributed by atoms with Crippen LogP contribution in [0.5, 0.6) is 0 Å². The molecule has 1 heterocycles. The van der Waals surface area contributed by atoms with E-state index < -0.39 is 0 Å². The van der Waals surface area contributed by atoms with Gasteiger partial charge in [0.15, 0.2) is 6.04 Å². The first-order valence-corrected chi connectivity index (χ1v) is 9.43. The molecule has 4 nitrogen and oxygen atoms in total. The van der Waals surface area contributed by atoms with Gasteiger partial charge in [0.25, 0.3) is 5.91 Å². The van der Waals surface area contributed by atoms with E-state index in [1.165, 1.54) is 11.1 Å². The zero-order valence-corrected chi connectivity index (χ0v) is 15.8. The quantitative estimate of drug-likeness (QED) is 0.897. The first-order valence-electron chi connectivity index (χ1n) is 9.43. The van der Waals surface area contributed by atoms with Crippen molar-refractivity contribution in [1.82, 2.24) is 4.90 Å². The highest BCUT2D eigenvalue weighted by Crippen LogP contribution is 2.18. The van der Waals surface area contributed by atoms with Crippen LogP contribution < -0.4 is 5.32 Å². The summed E-state index contributed by atoms with van der Waals surface area (Å²) >= 11 is 0. The molecule has 0 spiro atoms. The van der Waals surface area contributed by atoms with Gasteiger partial charge in [-0.3, -0.25) is 4.79 Å². The Balaban J connectivity index is 1.77. The molecule has 2 N–H and O–H groups in total. The third kappa shape index (κ3) is 4.51. The summed E-state index contributed by atoms with van der Waals surface area (Å²) in [6, 6.07) is 20.7. The number of carbonyl (C=O) groups is 1. The van der Waals surface area contributed by atoms with Gasteiger partial charge in [-0.2, -0.15) is 0 Å². The third-order valence-corrected chi connectivity index (χ3v) is 4.92. The lowest BCUT2D eigenvalue weighted by Gasteiger charge is -2.36. The van der Waals surface area contributed by atoms with Crippen LogP contribution in [0.25, 0.3) is 0 Å². The number of carbonyl (C=O) groups excluding carboxylic acids is 1. The molecule has 4 heteroatoms. The predicted molar refractivity (Wildman–Crippen MR) is 103 cm³/mol. The standard InChI is InChI=1S/C22H28N2O2/c1-16-14-24(15-17(2)26-16)22(25)18(3)23-21(19-10-6-4-7-11-19)20-12-8-5-9-13-20/h4-13,16-18,21,23H,14-15H2,1-3H3/p+1/t16-,17+,18-/m0/s1. The van der Waals surface area contributed by atoms with E-state index >= 15 is 0 Å². The Kier molecular flexibility index (Phi) is 6.07. The van der Waals surface area contributed by atoms with E-state index in [2.05, 4.69) is 53.8 Å². The fourth-order valence-electron chi connectivity index (χ4n) is 3.75. The van der Waals surface area contributed by atoms with Crippen LogP contribution in [-0.4, -0.2) is 42.1 Å². The maximum Gasteiger partial charge on any atom is 0.280 e. The van der Waals surface area contributed by atoms with Crippen molar-refractivity contribution in [1.29, 1.82) is 0 Å². The van der Waals surface area contributed by atoms with Gasteiger partial charge in [0, 0.05) is 24.2 Å². The minimum absolute atomic E-state index is 0.0916. The van der Waals surface area contributed by atoms with E-state index in [0.29, 0.717) is 13.1 Å². The van der Waals surface area contributed by atoms with Gasteiger partial charge in [-0.25, -0.2) is 0 Å². The lowest BCUT2D eigenvalue weighted by molar-refractivity contribution is -0.705. The van der Waals surface area contributed by atoms with Crippen molar-refractivity contribution in [3.05, 3.63) is 71.8 Å². The van der Waals surface area contributed by atoms with Crippen LogP contribution in [0.3, 0.4) is 0 Å². The smallest absolute Gasteiger partial charge is 0.280 e. The van der Waals surface area contributed by atoms with Gasteiger partial charge < -0.3 is 15.0 Å². The number of ether oxygens (including phenoxy) is 1. The molecule has 1 saturated heterocycles. The second kappa shape index (κ2) is 8.47. The highest BCUT2D eigenvalue weighted by atomic mass is 16.5. The van der Waals surface area contributed by atoms with Crippen molar-refractivity contribution >= 4 is 5.91 Å². The summed E-state index contributed by atoms with van der Waals surface area (Å²) in [5.74, 6) is 0.184. The summed E-state index contributed by atoms with van der Waals surface area (Å²) in [5.41, 5.74) is 2.42. The second-order valence-electron chi connectivity index (χ2n) is 7.28. The first-order chi connectivity index (χ1) is 12.5. The predicted octanol–water partition coefficient (Wildman–Crippen LogP) is 2.36. The summed E-state index contributed by atoms with van der Waals surface area (Å²) in [4.78, 5) is 15.0. The van der Waals surface area contributed by atoms with E-state index in [-0.39, 0.29) is 30.2 Å². The lowest BCUT2D eigenvalue weighted by Crippen LogP contribution is -2.93. The molecule has 2 aromatic rings. The average molecular weight is 353 g/mol. The number of quaternary nitrogens is 1. The molecule has 0 aliphatic carbocycles. The molecule has 1 aliphatic rings. The Hall–Kier alpha value is -2.17. The number of nitrogens with zero attached hydrogens (tertiary/aromatic N) is 1. The van der Waals surface area contributed by atoms with Gasteiger partial charge in [-0.15, -0.1) is 0 Å². The van der Waals surface area contributed by atoms with Gasteiger partial charge in [0.1, 0.15) is 6.04 Å². The monoisotopic (exact) mass is 353 g/mol. The van der Waals surface area contributed by atoms with E-state index in [9.17, 15) is 4.79 Å². The number of nitrogens with two attached hydrogens (primary N) is 1. The Morgan fingerprint density at radius 1 is 0.962 bits per heavy atom. The lowest BCUT2D eigenvalue weighted by atomic mass is 9.97. The van der Waals surface area contributed by atoms with Crippen LogP contribution in [0.15, 0.2) is 60.7 Å². The van der Waals surface area contributed by atoms with Gasteiger partial charge in [-0.05, 0) is 20.8 Å². The Morgan fingerprint density at radius 3 is 1.88 bits per heavy atom. The van der Waals surface area contributed by atoms with Crippen molar-refractivity contribution in [2.75, 3.05) is 13.1 Å². The van der Waals surface area contributed by atoms with Gasteiger partial charge in [-0.1, -0.05) is 60.7 Å². The molecule has 1 aliphatic heterocycles. The van der Waals surface area contributed by atoms with Gasteiger partial charge >= 0.3 is 0 Å². The summed E-state index contributed by atoms with van der Waals surface area (Å²) in [5, 5.41) is 2.18. The van der Waals surface area contributed by atoms with Crippen LogP contribution in [0.1, 0.15) is 37.9 Å². The number of hydrogen-bond acceptors (Lipinski definition) is 2. The molecule has 26 heavy (non-hydrogen) atoms. The Labute approximate surface area is 156 Å². The molecule has 2 aromatic carbocycles. The number of amides is 1. The zero-order valence-electron chi connectivity index (χ0n) is 15.8. The minimum atomic E-state index is -0.155. The van der Waals surface area contributed by atoms with Gasteiger partial charge in [0.05, 0.1) is 12.2 Å². The average Bonchev–Trinajstić information content (AvgIpc) is 2.66. The fraction of sp³-hybridized carbons (Fsp3) is 0.409. The van der Waals surface area contributed by atoms with Crippen molar-refractivity contribution in [3.63, 3.8) is 0 Å². The van der Waals surface area contributed by atoms with E-state index in [0.717, 1.165) is 0 Å². The Bertz CT molecular complexity index is 655. The molecule has 0 saturated carbocycles. The topological polar surface area (TPSA) is 46.2 Å². The molecule has 0 bridgehead atoms.